The number of hydrogen-bond acceptors (Lipinski definition) is 5. The van der Waals surface area contributed by atoms with Crippen molar-refractivity contribution in [3.05, 3.63) is 54.1 Å². The summed E-state index contributed by atoms with van der Waals surface area (Å²) in [6.07, 6.45) is 0. The molecule has 3 N–H and O–H groups in total. The average Bonchev–Trinajstić information content (AvgIpc) is 3.08. The first kappa shape index (κ1) is 16.8. The molecule has 0 fully saturated rings. The normalized spacial score (nSPS) is 14.5. The Morgan fingerprint density at radius 2 is 1.80 bits per heavy atom. The van der Waals surface area contributed by atoms with Crippen LogP contribution in [0, 0.1) is 0 Å². The predicted molar refractivity (Wildman–Crippen MR) is 90.2 cm³/mol. The zero-order valence-electron chi connectivity index (χ0n) is 13.6. The average molecular weight is 342 g/mol. The van der Waals surface area contributed by atoms with Gasteiger partial charge in [-0.3, -0.25) is 9.59 Å². The molecule has 2 aromatic rings. The van der Waals surface area contributed by atoms with E-state index in [0.717, 1.165) is 0 Å². The van der Waals surface area contributed by atoms with E-state index in [-0.39, 0.29) is 13.3 Å². The van der Waals surface area contributed by atoms with Crippen molar-refractivity contribution in [3.63, 3.8) is 0 Å². The highest BCUT2D eigenvalue weighted by atomic mass is 16.7. The number of benzene rings is 2. The summed E-state index contributed by atoms with van der Waals surface area (Å²) in [5.41, 5.74) is -0.221. The van der Waals surface area contributed by atoms with Crippen LogP contribution in [-0.4, -0.2) is 30.3 Å². The zero-order valence-corrected chi connectivity index (χ0v) is 13.6. The number of aliphatic hydroxyl groups is 1. The van der Waals surface area contributed by atoms with Gasteiger partial charge in [-0.1, -0.05) is 30.3 Å². The van der Waals surface area contributed by atoms with E-state index in [2.05, 4.69) is 10.6 Å². The molecule has 0 spiro atoms. The van der Waals surface area contributed by atoms with Crippen molar-refractivity contribution < 1.29 is 24.2 Å². The fraction of sp³-hybridized carbons (Fsp3) is 0.222. The van der Waals surface area contributed by atoms with Crippen LogP contribution >= 0.6 is 0 Å². The highest BCUT2D eigenvalue weighted by Crippen LogP contribution is 2.34. The molecule has 25 heavy (non-hydrogen) atoms. The molecule has 1 aliphatic rings. The number of ether oxygens (including phenoxy) is 2. The Bertz CT molecular complexity index is 789. The summed E-state index contributed by atoms with van der Waals surface area (Å²) in [7, 11) is 0. The summed E-state index contributed by atoms with van der Waals surface area (Å²) in [4.78, 5) is 24.0. The smallest absolute Gasteiger partial charge is 0.313 e. The van der Waals surface area contributed by atoms with E-state index in [9.17, 15) is 14.7 Å². The van der Waals surface area contributed by atoms with Crippen LogP contribution in [0.15, 0.2) is 48.5 Å². The third-order valence-electron chi connectivity index (χ3n) is 3.83. The van der Waals surface area contributed by atoms with Crippen molar-refractivity contribution in [2.24, 2.45) is 0 Å². The minimum Gasteiger partial charge on any atom is -0.454 e. The van der Waals surface area contributed by atoms with Crippen LogP contribution in [0.5, 0.6) is 11.5 Å². The van der Waals surface area contributed by atoms with Gasteiger partial charge < -0.3 is 25.2 Å². The Morgan fingerprint density at radius 3 is 2.56 bits per heavy atom. The second kappa shape index (κ2) is 6.82. The van der Waals surface area contributed by atoms with E-state index < -0.39 is 17.4 Å². The van der Waals surface area contributed by atoms with Gasteiger partial charge in [0.1, 0.15) is 5.60 Å². The Labute approximate surface area is 144 Å². The number of nitrogens with one attached hydrogen (secondary N) is 2. The van der Waals surface area contributed by atoms with Crippen LogP contribution in [0.4, 0.5) is 5.69 Å². The molecule has 1 atom stereocenters. The number of carbonyl (C=O) groups is 2. The van der Waals surface area contributed by atoms with Gasteiger partial charge >= 0.3 is 11.8 Å². The maximum Gasteiger partial charge on any atom is 0.313 e. The minimum absolute atomic E-state index is 0.0929. The quantitative estimate of drug-likeness (QED) is 0.730. The number of fused-ring (bicyclic) bond motifs is 1. The fourth-order valence-corrected chi connectivity index (χ4v) is 2.39. The molecular formula is C18H18N2O5. The molecule has 0 aliphatic carbocycles. The predicted octanol–water partition coefficient (Wildman–Crippen LogP) is 1.38. The van der Waals surface area contributed by atoms with Gasteiger partial charge in [-0.2, -0.15) is 0 Å². The summed E-state index contributed by atoms with van der Waals surface area (Å²) >= 11 is 0. The van der Waals surface area contributed by atoms with Crippen molar-refractivity contribution in [3.8, 4) is 11.5 Å². The Hall–Kier alpha value is -3.06. The molecule has 0 bridgehead atoms. The highest BCUT2D eigenvalue weighted by Gasteiger charge is 2.25. The molecule has 1 heterocycles. The van der Waals surface area contributed by atoms with E-state index in [4.69, 9.17) is 9.47 Å². The second-order valence-corrected chi connectivity index (χ2v) is 5.84. The van der Waals surface area contributed by atoms with E-state index in [1.807, 2.05) is 6.07 Å². The van der Waals surface area contributed by atoms with Crippen molar-refractivity contribution >= 4 is 17.5 Å². The summed E-state index contributed by atoms with van der Waals surface area (Å²) in [5, 5.41) is 15.4. The van der Waals surface area contributed by atoms with E-state index in [0.29, 0.717) is 22.7 Å². The van der Waals surface area contributed by atoms with Gasteiger partial charge in [-0.25, -0.2) is 0 Å². The molecule has 0 unspecified atom stereocenters. The van der Waals surface area contributed by atoms with Gasteiger partial charge in [-0.15, -0.1) is 0 Å². The van der Waals surface area contributed by atoms with E-state index in [1.165, 1.54) is 0 Å². The molecule has 7 heteroatoms. The summed E-state index contributed by atoms with van der Waals surface area (Å²) < 4.78 is 10.4. The van der Waals surface area contributed by atoms with Crippen molar-refractivity contribution in [2.75, 3.05) is 18.7 Å². The lowest BCUT2D eigenvalue weighted by atomic mass is 9.96. The van der Waals surface area contributed by atoms with Crippen molar-refractivity contribution in [1.29, 1.82) is 0 Å². The first-order valence-electron chi connectivity index (χ1n) is 7.72. The highest BCUT2D eigenvalue weighted by molar-refractivity contribution is 6.39. The lowest BCUT2D eigenvalue weighted by molar-refractivity contribution is -0.136. The third-order valence-corrected chi connectivity index (χ3v) is 3.83. The first-order chi connectivity index (χ1) is 12.0. The van der Waals surface area contributed by atoms with Crippen molar-refractivity contribution in [1.82, 2.24) is 5.32 Å². The lowest BCUT2D eigenvalue weighted by Crippen LogP contribution is -2.43. The summed E-state index contributed by atoms with van der Waals surface area (Å²) in [6.45, 7) is 1.60. The maximum absolute atomic E-state index is 12.0. The third kappa shape index (κ3) is 3.89. The lowest BCUT2D eigenvalue weighted by Gasteiger charge is -2.24. The van der Waals surface area contributed by atoms with Crippen LogP contribution in [0.1, 0.15) is 12.5 Å². The number of hydrogen-bond donors (Lipinski definition) is 3. The largest absolute Gasteiger partial charge is 0.454 e. The Balaban J connectivity index is 1.57. The molecule has 3 rings (SSSR count). The van der Waals surface area contributed by atoms with Gasteiger partial charge in [0.2, 0.25) is 6.79 Å². The maximum atomic E-state index is 12.0. The number of carbonyl (C=O) groups excluding carboxylic acids is 2. The SMILES string of the molecule is C[C@@](O)(CNC(=O)C(=O)Nc1ccc2c(c1)OCO2)c1ccccc1. The molecule has 0 aromatic heterocycles. The molecule has 7 nitrogen and oxygen atoms in total. The van der Waals surface area contributed by atoms with Crippen molar-refractivity contribution in [2.45, 2.75) is 12.5 Å². The van der Waals surface area contributed by atoms with Gasteiger partial charge in [0.25, 0.3) is 0 Å². The number of amides is 2. The molecule has 0 radical (unpaired) electrons. The molecule has 2 amide bonds. The topological polar surface area (TPSA) is 96.9 Å². The molecular weight excluding hydrogens is 324 g/mol. The van der Waals surface area contributed by atoms with Crippen LogP contribution < -0.4 is 20.1 Å². The Kier molecular flexibility index (Phi) is 4.58. The number of anilines is 1. The van der Waals surface area contributed by atoms with Gasteiger partial charge in [0, 0.05) is 11.8 Å². The number of rotatable bonds is 4. The standard InChI is InChI=1S/C18H18N2O5/c1-18(23,12-5-3-2-4-6-12)10-19-16(21)17(22)20-13-7-8-14-15(9-13)25-11-24-14/h2-9,23H,10-11H2,1H3,(H,19,21)(H,20,22)/t18-/m1/s1. The Morgan fingerprint density at radius 1 is 1.08 bits per heavy atom. The van der Waals surface area contributed by atoms with Crippen LogP contribution in [-0.2, 0) is 15.2 Å². The molecule has 1 aliphatic heterocycles. The van der Waals surface area contributed by atoms with Gasteiger partial charge in [-0.05, 0) is 24.6 Å². The summed E-state index contributed by atoms with van der Waals surface area (Å²) in [6, 6.07) is 13.7. The zero-order chi connectivity index (χ0) is 17.9. The van der Waals surface area contributed by atoms with E-state index in [1.54, 1.807) is 49.4 Å². The molecule has 130 valence electrons. The second-order valence-electron chi connectivity index (χ2n) is 5.84. The first-order valence-corrected chi connectivity index (χ1v) is 7.72. The summed E-state index contributed by atoms with van der Waals surface area (Å²) in [5.74, 6) is -0.580. The van der Waals surface area contributed by atoms with Crippen LogP contribution in [0.2, 0.25) is 0 Å². The van der Waals surface area contributed by atoms with E-state index >= 15 is 0 Å². The van der Waals surface area contributed by atoms with Gasteiger partial charge in [0.15, 0.2) is 11.5 Å². The van der Waals surface area contributed by atoms with Crippen LogP contribution in [0.3, 0.4) is 0 Å². The molecule has 0 saturated heterocycles. The molecule has 2 aromatic carbocycles. The molecule has 0 saturated carbocycles. The minimum atomic E-state index is -1.28. The monoisotopic (exact) mass is 342 g/mol. The van der Waals surface area contributed by atoms with Gasteiger partial charge in [0.05, 0.1) is 6.54 Å². The fourth-order valence-electron chi connectivity index (χ4n) is 2.39. The van der Waals surface area contributed by atoms with Crippen LogP contribution in [0.25, 0.3) is 0 Å².